The molecule has 44 heavy (non-hydrogen) atoms. The van der Waals surface area contributed by atoms with Gasteiger partial charge in [0.1, 0.15) is 24.7 Å². The van der Waals surface area contributed by atoms with Gasteiger partial charge in [-0.15, -0.1) is 0 Å². The lowest BCUT2D eigenvalue weighted by atomic mass is 9.77. The minimum Gasteiger partial charge on any atom is -0.423 e. The number of carbonyl (C=O) groups is 1. The van der Waals surface area contributed by atoms with Crippen LogP contribution in [0.25, 0.3) is 5.52 Å². The zero-order valence-electron chi connectivity index (χ0n) is 22.5. The summed E-state index contributed by atoms with van der Waals surface area (Å²) in [5, 5.41) is 16.8. The summed E-state index contributed by atoms with van der Waals surface area (Å²) in [6.07, 6.45) is -3.97. The molecule has 4 aromatic rings. The molecule has 2 aliphatic rings. The number of aromatic nitrogens is 1. The third-order valence-electron chi connectivity index (χ3n) is 7.84. The predicted molar refractivity (Wildman–Crippen MR) is 154 cm³/mol. The average Bonchev–Trinajstić information content (AvgIpc) is 3.72. The molecule has 1 atom stereocenters. The maximum absolute atomic E-state index is 14.5. The molecular formula is C29H21BCl2F5N3O4. The summed E-state index contributed by atoms with van der Waals surface area (Å²) in [6, 6.07) is 14.3. The van der Waals surface area contributed by atoms with E-state index in [2.05, 4.69) is 10.5 Å². The summed E-state index contributed by atoms with van der Waals surface area (Å²) < 4.78 is 77.2. The molecule has 1 amide bonds. The van der Waals surface area contributed by atoms with Crippen LogP contribution in [0.1, 0.15) is 39.2 Å². The minimum absolute atomic E-state index is 0.00253. The first kappa shape index (κ1) is 30.4. The summed E-state index contributed by atoms with van der Waals surface area (Å²) in [6.45, 7) is -2.31. The number of hydrogen-bond acceptors (Lipinski definition) is 5. The second-order valence-corrected chi connectivity index (χ2v) is 11.4. The Kier molecular flexibility index (Phi) is 7.64. The molecule has 0 radical (unpaired) electrons. The van der Waals surface area contributed by atoms with Crippen molar-refractivity contribution in [3.05, 3.63) is 105 Å². The molecule has 0 fully saturated rings. The Morgan fingerprint density at radius 3 is 2.48 bits per heavy atom. The van der Waals surface area contributed by atoms with Crippen molar-refractivity contribution in [3.8, 4) is 0 Å². The summed E-state index contributed by atoms with van der Waals surface area (Å²) in [5.41, 5.74) is -3.16. The standard InChI is InChI=1S/C29H21BCl2F5N3O4/c31-18-9-17(10-19(32)11-18)28(29(35,36)37)12-23(39-44-28)25-6-4-20(24-2-1-7-40(24)25)26(41)38-13-16-3-5-21-22(8-16)30(42)43-27(21,14-33)15-34/h1-11,42H,12-15H2,(H,38,41). The van der Waals surface area contributed by atoms with Crippen molar-refractivity contribution >= 4 is 52.9 Å². The molecule has 0 saturated heterocycles. The van der Waals surface area contributed by atoms with Gasteiger partial charge in [-0.3, -0.25) is 4.79 Å². The minimum atomic E-state index is -4.87. The molecule has 2 N–H and O–H groups in total. The Labute approximate surface area is 257 Å². The number of nitrogens with one attached hydrogen (secondary N) is 1. The van der Waals surface area contributed by atoms with Crippen LogP contribution in [0.5, 0.6) is 0 Å². The smallest absolute Gasteiger partial charge is 0.423 e. The zero-order valence-corrected chi connectivity index (χ0v) is 24.0. The molecule has 228 valence electrons. The number of nitrogens with zero attached hydrogens (tertiary/aromatic N) is 2. The van der Waals surface area contributed by atoms with Gasteiger partial charge in [-0.05, 0) is 59.1 Å². The summed E-state index contributed by atoms with van der Waals surface area (Å²) in [4.78, 5) is 18.3. The molecule has 7 nitrogen and oxygen atoms in total. The monoisotopic (exact) mass is 651 g/mol. The van der Waals surface area contributed by atoms with Crippen LogP contribution in [0.15, 0.2) is 72.0 Å². The van der Waals surface area contributed by atoms with Crippen molar-refractivity contribution in [1.29, 1.82) is 0 Å². The lowest BCUT2D eigenvalue weighted by Gasteiger charge is -2.29. The van der Waals surface area contributed by atoms with E-state index in [1.165, 1.54) is 34.7 Å². The van der Waals surface area contributed by atoms with Crippen molar-refractivity contribution < 1.29 is 41.3 Å². The van der Waals surface area contributed by atoms with E-state index in [0.29, 0.717) is 11.1 Å². The van der Waals surface area contributed by atoms with E-state index in [1.54, 1.807) is 24.4 Å². The van der Waals surface area contributed by atoms with Gasteiger partial charge in [-0.1, -0.05) is 46.6 Å². The zero-order chi connectivity index (χ0) is 31.4. The number of hydrogen-bond donors (Lipinski definition) is 2. The predicted octanol–water partition coefficient (Wildman–Crippen LogP) is 5.61. The van der Waals surface area contributed by atoms with Crippen LogP contribution >= 0.6 is 23.2 Å². The van der Waals surface area contributed by atoms with Crippen molar-refractivity contribution in [2.24, 2.45) is 5.16 Å². The SMILES string of the molecule is O=C(NCc1ccc2c(c1)B(O)OC2(CF)CF)c1ccc(C2=NOC(c3cc(Cl)cc(Cl)c3)(C(F)(F)F)C2)n2cccc12. The Hall–Kier alpha value is -3.65. The fourth-order valence-corrected chi connectivity index (χ4v) is 6.12. The molecule has 4 heterocycles. The van der Waals surface area contributed by atoms with Gasteiger partial charge in [0, 0.05) is 28.4 Å². The maximum Gasteiger partial charge on any atom is 0.492 e. The third kappa shape index (κ3) is 4.91. The number of oxime groups is 1. The van der Waals surface area contributed by atoms with Crippen LogP contribution in [-0.2, 0) is 27.2 Å². The maximum atomic E-state index is 14.5. The van der Waals surface area contributed by atoms with Gasteiger partial charge in [-0.2, -0.15) is 13.2 Å². The number of alkyl halides is 5. The lowest BCUT2D eigenvalue weighted by Crippen LogP contribution is -2.42. The average molecular weight is 652 g/mol. The van der Waals surface area contributed by atoms with E-state index in [1.807, 2.05) is 0 Å². The van der Waals surface area contributed by atoms with Gasteiger partial charge in [0.2, 0.25) is 0 Å². The Balaban J connectivity index is 1.24. The molecule has 0 bridgehead atoms. The highest BCUT2D eigenvalue weighted by Crippen LogP contribution is 2.49. The van der Waals surface area contributed by atoms with Crippen LogP contribution in [0, 0.1) is 0 Å². The van der Waals surface area contributed by atoms with Crippen LogP contribution in [0.3, 0.4) is 0 Å². The molecule has 2 aromatic heterocycles. The second kappa shape index (κ2) is 11.1. The van der Waals surface area contributed by atoms with E-state index < -0.39 is 50.2 Å². The Morgan fingerprint density at radius 2 is 1.80 bits per heavy atom. The highest BCUT2D eigenvalue weighted by Gasteiger charge is 2.62. The van der Waals surface area contributed by atoms with Gasteiger partial charge in [0.15, 0.2) is 0 Å². The van der Waals surface area contributed by atoms with Crippen LogP contribution in [0.2, 0.25) is 10.0 Å². The van der Waals surface area contributed by atoms with E-state index in [0.717, 1.165) is 12.1 Å². The molecule has 0 spiro atoms. The number of benzene rings is 2. The van der Waals surface area contributed by atoms with Crippen molar-refractivity contribution in [1.82, 2.24) is 9.72 Å². The van der Waals surface area contributed by atoms with E-state index in [-0.39, 0.29) is 50.1 Å². The molecule has 2 aliphatic heterocycles. The highest BCUT2D eigenvalue weighted by atomic mass is 35.5. The first-order valence-corrected chi connectivity index (χ1v) is 13.9. The van der Waals surface area contributed by atoms with E-state index >= 15 is 0 Å². The van der Waals surface area contributed by atoms with Crippen molar-refractivity contribution in [3.63, 3.8) is 0 Å². The molecule has 1 unspecified atom stereocenters. The summed E-state index contributed by atoms with van der Waals surface area (Å²) >= 11 is 12.0. The van der Waals surface area contributed by atoms with Gasteiger partial charge < -0.3 is 24.2 Å². The second-order valence-electron chi connectivity index (χ2n) is 10.5. The van der Waals surface area contributed by atoms with Crippen molar-refractivity contribution in [2.75, 3.05) is 13.3 Å². The van der Waals surface area contributed by atoms with Crippen LogP contribution in [-0.4, -0.2) is 47.7 Å². The number of rotatable bonds is 7. The van der Waals surface area contributed by atoms with Gasteiger partial charge in [0.25, 0.3) is 11.5 Å². The van der Waals surface area contributed by atoms with Crippen LogP contribution < -0.4 is 10.8 Å². The topological polar surface area (TPSA) is 84.6 Å². The summed E-state index contributed by atoms with van der Waals surface area (Å²) in [7, 11) is -1.52. The van der Waals surface area contributed by atoms with Crippen LogP contribution in [0.4, 0.5) is 22.0 Å². The largest absolute Gasteiger partial charge is 0.492 e. The first-order valence-electron chi connectivity index (χ1n) is 13.2. The third-order valence-corrected chi connectivity index (χ3v) is 8.28. The number of fused-ring (bicyclic) bond motifs is 2. The molecule has 6 rings (SSSR count). The lowest BCUT2D eigenvalue weighted by molar-refractivity contribution is -0.275. The number of pyridine rings is 1. The number of carbonyl (C=O) groups excluding carboxylic acids is 1. The van der Waals surface area contributed by atoms with E-state index in [9.17, 15) is 31.8 Å². The quantitative estimate of drug-likeness (QED) is 0.201. The van der Waals surface area contributed by atoms with E-state index in [4.69, 9.17) is 32.7 Å². The molecule has 15 heteroatoms. The number of amides is 1. The van der Waals surface area contributed by atoms with Gasteiger partial charge in [0.05, 0.1) is 23.2 Å². The Bertz CT molecular complexity index is 1790. The first-order chi connectivity index (χ1) is 20.9. The molecule has 0 saturated carbocycles. The normalized spacial score (nSPS) is 19.2. The summed E-state index contributed by atoms with van der Waals surface area (Å²) in [5.74, 6) is -0.498. The molecule has 0 aliphatic carbocycles. The van der Waals surface area contributed by atoms with Gasteiger partial charge >= 0.3 is 13.3 Å². The fraction of sp³-hybridized carbons (Fsp3) is 0.241. The van der Waals surface area contributed by atoms with Crippen molar-refractivity contribution in [2.45, 2.75) is 30.3 Å². The molecular weight excluding hydrogens is 631 g/mol. The Morgan fingerprint density at radius 1 is 1.07 bits per heavy atom. The van der Waals surface area contributed by atoms with Gasteiger partial charge in [-0.25, -0.2) is 8.78 Å². The fourth-order valence-electron chi connectivity index (χ4n) is 5.60. The highest BCUT2D eigenvalue weighted by molar-refractivity contribution is 6.62. The molecule has 2 aromatic carbocycles. The number of halogens is 7.